The van der Waals surface area contributed by atoms with E-state index in [1.165, 1.54) is 23.1 Å². The number of methoxy groups -OCH3 is 1. The Morgan fingerprint density at radius 2 is 1.81 bits per heavy atom. The predicted molar refractivity (Wildman–Crippen MR) is 119 cm³/mol. The van der Waals surface area contributed by atoms with Crippen LogP contribution in [-0.2, 0) is 13.5 Å². The number of likely N-dealkylation sites (tertiary alicyclic amines) is 1. The van der Waals surface area contributed by atoms with E-state index in [1.807, 2.05) is 33.7 Å². The summed E-state index contributed by atoms with van der Waals surface area (Å²) in [7, 11) is 3.39. The molecule has 1 N–H and O–H groups in total. The molecule has 8 nitrogen and oxygen atoms in total. The van der Waals surface area contributed by atoms with Gasteiger partial charge in [0.2, 0.25) is 0 Å². The molecule has 1 aliphatic heterocycles. The summed E-state index contributed by atoms with van der Waals surface area (Å²) in [5.74, 6) is 1.98. The molecule has 0 bridgehead atoms. The summed E-state index contributed by atoms with van der Waals surface area (Å²) in [6.45, 7) is 1.98. The summed E-state index contributed by atoms with van der Waals surface area (Å²) in [4.78, 5) is 27.1. The second kappa shape index (κ2) is 9.58. The molecule has 1 aromatic heterocycles. The van der Waals surface area contributed by atoms with Gasteiger partial charge in [0.05, 0.1) is 7.11 Å². The largest absolute Gasteiger partial charge is 0.497 e. The zero-order valence-corrected chi connectivity index (χ0v) is 18.5. The van der Waals surface area contributed by atoms with Gasteiger partial charge in [0.15, 0.2) is 0 Å². The van der Waals surface area contributed by atoms with E-state index in [0.717, 1.165) is 43.7 Å². The third-order valence-corrected chi connectivity index (χ3v) is 6.67. The van der Waals surface area contributed by atoms with Gasteiger partial charge in [-0.25, -0.2) is 14.3 Å². The minimum Gasteiger partial charge on any atom is -0.497 e. The van der Waals surface area contributed by atoms with Crippen LogP contribution in [0.5, 0.6) is 5.75 Å². The van der Waals surface area contributed by atoms with Crippen molar-refractivity contribution in [2.24, 2.45) is 7.05 Å². The predicted octanol–water partition coefficient (Wildman–Crippen LogP) is 2.84. The monoisotopic (exact) mass is 427 g/mol. The van der Waals surface area contributed by atoms with Crippen molar-refractivity contribution in [2.75, 3.05) is 26.7 Å². The van der Waals surface area contributed by atoms with E-state index >= 15 is 0 Å². The Morgan fingerprint density at radius 1 is 1.13 bits per heavy atom. The van der Waals surface area contributed by atoms with E-state index in [-0.39, 0.29) is 23.7 Å². The van der Waals surface area contributed by atoms with E-state index in [0.29, 0.717) is 19.6 Å². The first-order valence-corrected chi connectivity index (χ1v) is 11.4. The standard InChI is InChI=1S/C23H33N5O3/c1-26-23(30)28(19-5-3-4-6-19)21(25-26)18-12-15-27(16-13-18)22(29)24-14-11-17-7-9-20(31-2)10-8-17/h7-10,18-19H,3-6,11-16H2,1-2H3,(H,24,29). The van der Waals surface area contributed by atoms with Crippen LogP contribution >= 0.6 is 0 Å². The maximum Gasteiger partial charge on any atom is 0.345 e. The molecule has 0 unspecified atom stereocenters. The number of nitrogens with one attached hydrogen (secondary N) is 1. The Morgan fingerprint density at radius 3 is 2.45 bits per heavy atom. The normalized spacial score (nSPS) is 17.8. The summed E-state index contributed by atoms with van der Waals surface area (Å²) < 4.78 is 8.60. The van der Waals surface area contributed by atoms with Crippen LogP contribution in [0, 0.1) is 0 Å². The van der Waals surface area contributed by atoms with Gasteiger partial charge in [-0.2, -0.15) is 5.10 Å². The highest BCUT2D eigenvalue weighted by atomic mass is 16.5. The molecule has 2 aliphatic rings. The third-order valence-electron chi connectivity index (χ3n) is 6.67. The Labute approximate surface area is 183 Å². The van der Waals surface area contributed by atoms with Crippen molar-refractivity contribution in [1.82, 2.24) is 24.6 Å². The zero-order chi connectivity index (χ0) is 21.8. The number of carbonyl (C=O) groups excluding carboxylic acids is 1. The Balaban J connectivity index is 1.29. The average Bonchev–Trinajstić information content (AvgIpc) is 3.42. The first-order valence-electron chi connectivity index (χ1n) is 11.4. The van der Waals surface area contributed by atoms with Crippen LogP contribution in [0.15, 0.2) is 29.1 Å². The zero-order valence-electron chi connectivity index (χ0n) is 18.5. The fourth-order valence-electron chi connectivity index (χ4n) is 4.84. The number of piperidine rings is 1. The van der Waals surface area contributed by atoms with Crippen molar-refractivity contribution in [1.29, 1.82) is 0 Å². The van der Waals surface area contributed by atoms with E-state index in [9.17, 15) is 9.59 Å². The number of amides is 2. The molecule has 1 aliphatic carbocycles. The third kappa shape index (κ3) is 4.78. The SMILES string of the molecule is COc1ccc(CCNC(=O)N2CCC(c3nn(C)c(=O)n3C3CCCC3)CC2)cc1. The maximum absolute atomic E-state index is 12.6. The lowest BCUT2D eigenvalue weighted by atomic mass is 9.95. The minimum atomic E-state index is -0.0128. The van der Waals surface area contributed by atoms with E-state index in [2.05, 4.69) is 10.4 Å². The molecular weight excluding hydrogens is 394 g/mol. The molecule has 0 radical (unpaired) electrons. The quantitative estimate of drug-likeness (QED) is 0.769. The van der Waals surface area contributed by atoms with Crippen LogP contribution in [0.3, 0.4) is 0 Å². The average molecular weight is 428 g/mol. The van der Waals surface area contributed by atoms with E-state index < -0.39 is 0 Å². The van der Waals surface area contributed by atoms with Crippen molar-refractivity contribution in [3.63, 3.8) is 0 Å². The van der Waals surface area contributed by atoms with Gasteiger partial charge in [0.25, 0.3) is 0 Å². The lowest BCUT2D eigenvalue weighted by Crippen LogP contribution is -2.45. The van der Waals surface area contributed by atoms with Gasteiger partial charge in [-0.05, 0) is 49.8 Å². The van der Waals surface area contributed by atoms with Crippen LogP contribution in [0.2, 0.25) is 0 Å². The lowest BCUT2D eigenvalue weighted by molar-refractivity contribution is 0.179. The molecular formula is C23H33N5O3. The molecule has 2 amide bonds. The molecule has 1 saturated heterocycles. The fraction of sp³-hybridized carbons (Fsp3) is 0.609. The van der Waals surface area contributed by atoms with E-state index in [4.69, 9.17) is 4.74 Å². The number of urea groups is 1. The van der Waals surface area contributed by atoms with Crippen LogP contribution in [0.1, 0.15) is 61.9 Å². The number of benzene rings is 1. The number of aryl methyl sites for hydroxylation is 1. The molecule has 1 saturated carbocycles. The Hall–Kier alpha value is -2.77. The number of carbonyl (C=O) groups is 1. The van der Waals surface area contributed by atoms with Gasteiger partial charge >= 0.3 is 11.7 Å². The van der Waals surface area contributed by atoms with Gasteiger partial charge < -0.3 is 15.0 Å². The molecule has 168 valence electrons. The Bertz CT molecular complexity index is 935. The molecule has 0 atom stereocenters. The van der Waals surface area contributed by atoms with Crippen LogP contribution in [0.25, 0.3) is 0 Å². The Kier molecular flexibility index (Phi) is 6.63. The number of hydrogen-bond donors (Lipinski definition) is 1. The number of hydrogen-bond acceptors (Lipinski definition) is 4. The highest BCUT2D eigenvalue weighted by Crippen LogP contribution is 2.33. The highest BCUT2D eigenvalue weighted by molar-refractivity contribution is 5.74. The maximum atomic E-state index is 12.6. The molecule has 0 spiro atoms. The summed E-state index contributed by atoms with van der Waals surface area (Å²) in [6.07, 6.45) is 6.96. The second-order valence-corrected chi connectivity index (χ2v) is 8.66. The second-order valence-electron chi connectivity index (χ2n) is 8.66. The highest BCUT2D eigenvalue weighted by Gasteiger charge is 2.31. The molecule has 2 fully saturated rings. The summed E-state index contributed by atoms with van der Waals surface area (Å²) in [6, 6.07) is 8.19. The van der Waals surface area contributed by atoms with E-state index in [1.54, 1.807) is 14.2 Å². The van der Waals surface area contributed by atoms with Crippen molar-refractivity contribution >= 4 is 6.03 Å². The minimum absolute atomic E-state index is 0.000560. The molecule has 4 rings (SSSR count). The topological polar surface area (TPSA) is 81.4 Å². The fourth-order valence-corrected chi connectivity index (χ4v) is 4.84. The number of ether oxygens (including phenoxy) is 1. The summed E-state index contributed by atoms with van der Waals surface area (Å²) >= 11 is 0. The first kappa shape index (κ1) is 21.5. The molecule has 2 aromatic rings. The van der Waals surface area contributed by atoms with Crippen molar-refractivity contribution in [3.8, 4) is 5.75 Å². The lowest BCUT2D eigenvalue weighted by Gasteiger charge is -2.32. The van der Waals surface area contributed by atoms with Crippen LogP contribution in [0.4, 0.5) is 4.79 Å². The van der Waals surface area contributed by atoms with Crippen molar-refractivity contribution in [2.45, 2.75) is 56.9 Å². The van der Waals surface area contributed by atoms with Gasteiger partial charge in [0, 0.05) is 38.6 Å². The first-order chi connectivity index (χ1) is 15.1. The van der Waals surface area contributed by atoms with Crippen LogP contribution in [-0.4, -0.2) is 52.0 Å². The number of aromatic nitrogens is 3. The van der Waals surface area contributed by atoms with Gasteiger partial charge in [-0.1, -0.05) is 25.0 Å². The van der Waals surface area contributed by atoms with Gasteiger partial charge in [-0.3, -0.25) is 4.57 Å². The van der Waals surface area contributed by atoms with Gasteiger partial charge in [-0.15, -0.1) is 0 Å². The smallest absolute Gasteiger partial charge is 0.345 e. The van der Waals surface area contributed by atoms with Gasteiger partial charge in [0.1, 0.15) is 11.6 Å². The molecule has 2 heterocycles. The summed E-state index contributed by atoms with van der Waals surface area (Å²) in [5, 5.41) is 7.62. The molecule has 31 heavy (non-hydrogen) atoms. The van der Waals surface area contributed by atoms with Crippen molar-refractivity contribution < 1.29 is 9.53 Å². The summed E-state index contributed by atoms with van der Waals surface area (Å²) in [5.41, 5.74) is 1.17. The van der Waals surface area contributed by atoms with Crippen LogP contribution < -0.4 is 15.7 Å². The number of nitrogens with zero attached hydrogens (tertiary/aromatic N) is 4. The number of rotatable bonds is 6. The molecule has 8 heteroatoms. The van der Waals surface area contributed by atoms with Crippen molar-refractivity contribution in [3.05, 3.63) is 46.1 Å². The molecule has 1 aromatic carbocycles.